The summed E-state index contributed by atoms with van der Waals surface area (Å²) in [5.41, 5.74) is 2.01. The van der Waals surface area contributed by atoms with Crippen LogP contribution in [0.2, 0.25) is 5.02 Å². The van der Waals surface area contributed by atoms with Crippen LogP contribution in [-0.2, 0) is 27.8 Å². The number of halogens is 2. The highest BCUT2D eigenvalue weighted by atomic mass is 35.5. The fraction of sp³-hybridized carbons (Fsp3) is 0.136. The number of nitrogens with zero attached hydrogens (tertiary/aromatic N) is 1. The fourth-order valence-electron chi connectivity index (χ4n) is 3.51. The Balaban J connectivity index is 1.71. The van der Waals surface area contributed by atoms with Gasteiger partial charge in [0.05, 0.1) is 4.90 Å². The van der Waals surface area contributed by atoms with Gasteiger partial charge in [0.25, 0.3) is 0 Å². The molecule has 30 heavy (non-hydrogen) atoms. The van der Waals surface area contributed by atoms with E-state index in [2.05, 4.69) is 5.32 Å². The average molecular weight is 445 g/mol. The van der Waals surface area contributed by atoms with E-state index in [1.54, 1.807) is 6.07 Å². The van der Waals surface area contributed by atoms with E-state index in [-0.39, 0.29) is 23.5 Å². The maximum Gasteiger partial charge on any atom is 0.244 e. The van der Waals surface area contributed by atoms with Gasteiger partial charge in [0.15, 0.2) is 0 Å². The zero-order valence-corrected chi connectivity index (χ0v) is 17.3. The number of hydrogen-bond acceptors (Lipinski definition) is 3. The van der Waals surface area contributed by atoms with Gasteiger partial charge in [-0.3, -0.25) is 4.79 Å². The second kappa shape index (κ2) is 8.18. The van der Waals surface area contributed by atoms with E-state index in [1.807, 2.05) is 24.3 Å². The molecule has 1 unspecified atom stereocenters. The molecule has 0 spiro atoms. The van der Waals surface area contributed by atoms with Crippen molar-refractivity contribution in [3.63, 3.8) is 0 Å². The van der Waals surface area contributed by atoms with Crippen LogP contribution in [0, 0.1) is 5.82 Å². The van der Waals surface area contributed by atoms with E-state index in [1.165, 1.54) is 46.8 Å². The molecule has 1 atom stereocenters. The van der Waals surface area contributed by atoms with Crippen molar-refractivity contribution in [1.82, 2.24) is 4.31 Å². The smallest absolute Gasteiger partial charge is 0.244 e. The van der Waals surface area contributed by atoms with Crippen molar-refractivity contribution < 1.29 is 17.6 Å². The van der Waals surface area contributed by atoms with Gasteiger partial charge >= 0.3 is 0 Å². The van der Waals surface area contributed by atoms with Crippen LogP contribution in [0.4, 0.5) is 10.1 Å². The number of nitrogens with one attached hydrogen (secondary N) is 1. The molecule has 1 aliphatic rings. The monoisotopic (exact) mass is 444 g/mol. The van der Waals surface area contributed by atoms with Crippen LogP contribution >= 0.6 is 11.6 Å². The Labute approximate surface area is 179 Å². The molecule has 0 aromatic heterocycles. The normalized spacial score (nSPS) is 16.7. The number of rotatable bonds is 4. The number of sulfonamides is 1. The summed E-state index contributed by atoms with van der Waals surface area (Å²) in [4.78, 5) is 13.1. The third kappa shape index (κ3) is 4.09. The lowest BCUT2D eigenvalue weighted by atomic mass is 9.95. The van der Waals surface area contributed by atoms with E-state index in [0.29, 0.717) is 5.02 Å². The summed E-state index contributed by atoms with van der Waals surface area (Å²) < 4.78 is 41.4. The van der Waals surface area contributed by atoms with Crippen LogP contribution in [0.5, 0.6) is 0 Å². The number of fused-ring (bicyclic) bond motifs is 1. The summed E-state index contributed by atoms with van der Waals surface area (Å²) in [6, 6.07) is 17.7. The first-order chi connectivity index (χ1) is 14.3. The Morgan fingerprint density at radius 3 is 2.40 bits per heavy atom. The average Bonchev–Trinajstić information content (AvgIpc) is 2.73. The van der Waals surface area contributed by atoms with Crippen LogP contribution in [0.15, 0.2) is 77.7 Å². The third-order valence-corrected chi connectivity index (χ3v) is 7.14. The van der Waals surface area contributed by atoms with Crippen LogP contribution in [-0.4, -0.2) is 24.7 Å². The number of amides is 1. The Kier molecular flexibility index (Phi) is 5.60. The standard InChI is InChI=1S/C22H18ClFN2O3S/c23-17-8-10-20(11-9-17)30(28,29)26-14-16-5-2-1-4-15(16)12-21(26)22(27)25-19-7-3-6-18(24)13-19/h1-11,13,21H,12,14H2,(H,25,27). The molecule has 1 heterocycles. The number of anilines is 1. The van der Waals surface area contributed by atoms with E-state index in [9.17, 15) is 17.6 Å². The number of carbonyl (C=O) groups is 1. The number of carbonyl (C=O) groups excluding carboxylic acids is 1. The van der Waals surface area contributed by atoms with Crippen LogP contribution < -0.4 is 5.32 Å². The minimum Gasteiger partial charge on any atom is -0.325 e. The molecule has 0 saturated heterocycles. The largest absolute Gasteiger partial charge is 0.325 e. The minimum absolute atomic E-state index is 0.0508. The molecule has 0 radical (unpaired) electrons. The molecule has 8 heteroatoms. The Bertz CT molecular complexity index is 1200. The quantitative estimate of drug-likeness (QED) is 0.654. The molecule has 0 saturated carbocycles. The van der Waals surface area contributed by atoms with Gasteiger partial charge in [0.2, 0.25) is 15.9 Å². The predicted octanol–water partition coefficient (Wildman–Crippen LogP) is 4.23. The molecule has 1 N–H and O–H groups in total. The van der Waals surface area contributed by atoms with Crippen molar-refractivity contribution in [2.24, 2.45) is 0 Å². The van der Waals surface area contributed by atoms with Crippen LogP contribution in [0.25, 0.3) is 0 Å². The van der Waals surface area contributed by atoms with Crippen molar-refractivity contribution in [2.75, 3.05) is 5.32 Å². The molecule has 1 aliphatic heterocycles. The van der Waals surface area contributed by atoms with Gasteiger partial charge in [0.1, 0.15) is 11.9 Å². The first-order valence-electron chi connectivity index (χ1n) is 9.25. The molecule has 154 valence electrons. The number of benzene rings is 3. The Morgan fingerprint density at radius 1 is 1.00 bits per heavy atom. The summed E-state index contributed by atoms with van der Waals surface area (Å²) in [5, 5.41) is 3.05. The topological polar surface area (TPSA) is 66.5 Å². The number of hydrogen-bond donors (Lipinski definition) is 1. The molecule has 4 rings (SSSR count). The highest BCUT2D eigenvalue weighted by molar-refractivity contribution is 7.89. The Morgan fingerprint density at radius 2 is 1.70 bits per heavy atom. The first kappa shape index (κ1) is 20.5. The Hall–Kier alpha value is -2.74. The van der Waals surface area contributed by atoms with Gasteiger partial charge in [0, 0.05) is 17.3 Å². The van der Waals surface area contributed by atoms with E-state index < -0.39 is 27.8 Å². The van der Waals surface area contributed by atoms with Crippen molar-refractivity contribution >= 4 is 33.2 Å². The van der Waals surface area contributed by atoms with Crippen molar-refractivity contribution in [1.29, 1.82) is 0 Å². The minimum atomic E-state index is -3.98. The molecule has 3 aromatic rings. The summed E-state index contributed by atoms with van der Waals surface area (Å²) >= 11 is 5.89. The van der Waals surface area contributed by atoms with Crippen molar-refractivity contribution in [3.05, 3.63) is 94.8 Å². The molecule has 5 nitrogen and oxygen atoms in total. The molecular weight excluding hydrogens is 427 g/mol. The SMILES string of the molecule is O=C(Nc1cccc(F)c1)C1Cc2ccccc2CN1S(=O)(=O)c1ccc(Cl)cc1. The second-order valence-electron chi connectivity index (χ2n) is 6.99. The van der Waals surface area contributed by atoms with Crippen molar-refractivity contribution in [3.8, 4) is 0 Å². The lowest BCUT2D eigenvalue weighted by Crippen LogP contribution is -2.50. The van der Waals surface area contributed by atoms with Gasteiger partial charge < -0.3 is 5.32 Å². The first-order valence-corrected chi connectivity index (χ1v) is 11.1. The molecular formula is C22H18ClFN2O3S. The summed E-state index contributed by atoms with van der Waals surface area (Å²) in [6.45, 7) is 0.0579. The molecule has 0 fully saturated rings. The summed E-state index contributed by atoms with van der Waals surface area (Å²) in [5.74, 6) is -1.01. The second-order valence-corrected chi connectivity index (χ2v) is 9.32. The van der Waals surface area contributed by atoms with E-state index >= 15 is 0 Å². The van der Waals surface area contributed by atoms with Crippen LogP contribution in [0.1, 0.15) is 11.1 Å². The van der Waals surface area contributed by atoms with Gasteiger partial charge in [-0.25, -0.2) is 12.8 Å². The third-order valence-electron chi connectivity index (χ3n) is 5.02. The molecule has 1 amide bonds. The van der Waals surface area contributed by atoms with Crippen molar-refractivity contribution in [2.45, 2.75) is 23.9 Å². The molecule has 3 aromatic carbocycles. The maximum atomic E-state index is 13.5. The van der Waals surface area contributed by atoms with Gasteiger partial charge in [-0.2, -0.15) is 4.31 Å². The molecule has 0 bridgehead atoms. The van der Waals surface area contributed by atoms with Crippen LogP contribution in [0.3, 0.4) is 0 Å². The highest BCUT2D eigenvalue weighted by Crippen LogP contribution is 2.30. The lowest BCUT2D eigenvalue weighted by Gasteiger charge is -2.35. The summed E-state index contributed by atoms with van der Waals surface area (Å²) in [6.07, 6.45) is 0.212. The zero-order valence-electron chi connectivity index (χ0n) is 15.8. The zero-order chi connectivity index (χ0) is 21.3. The van der Waals surface area contributed by atoms with E-state index in [0.717, 1.165) is 11.1 Å². The highest BCUT2D eigenvalue weighted by Gasteiger charge is 2.39. The lowest BCUT2D eigenvalue weighted by molar-refractivity contribution is -0.120. The van der Waals surface area contributed by atoms with Gasteiger partial charge in [-0.1, -0.05) is 41.9 Å². The maximum absolute atomic E-state index is 13.5. The van der Waals surface area contributed by atoms with Gasteiger partial charge in [-0.15, -0.1) is 0 Å². The molecule has 0 aliphatic carbocycles. The van der Waals surface area contributed by atoms with E-state index in [4.69, 9.17) is 11.6 Å². The predicted molar refractivity (Wildman–Crippen MR) is 113 cm³/mol. The fourth-order valence-corrected chi connectivity index (χ4v) is 5.20. The van der Waals surface area contributed by atoms with Gasteiger partial charge in [-0.05, 0) is 60.0 Å². The summed E-state index contributed by atoms with van der Waals surface area (Å²) in [7, 11) is -3.98.